The van der Waals surface area contributed by atoms with Crippen molar-refractivity contribution in [1.29, 1.82) is 0 Å². The first-order valence-electron chi connectivity index (χ1n) is 6.64. The summed E-state index contributed by atoms with van der Waals surface area (Å²) in [7, 11) is 1.60. The summed E-state index contributed by atoms with van der Waals surface area (Å²) in [4.78, 5) is 27.3. The Balaban J connectivity index is 1.99. The molecule has 0 radical (unpaired) electrons. The molecule has 0 atom stereocenters. The quantitative estimate of drug-likeness (QED) is 0.761. The van der Waals surface area contributed by atoms with E-state index in [4.69, 9.17) is 0 Å². The Hall–Kier alpha value is -2.70. The number of benzene rings is 1. The van der Waals surface area contributed by atoms with Crippen molar-refractivity contribution in [3.63, 3.8) is 0 Å². The number of carbonyl (C=O) groups is 2. The highest BCUT2D eigenvalue weighted by Gasteiger charge is 2.12. The van der Waals surface area contributed by atoms with Crippen LogP contribution >= 0.6 is 0 Å². The third-order valence-electron chi connectivity index (χ3n) is 2.93. The number of likely N-dealkylation sites (N-methyl/N-ethyl adjacent to an activating group) is 1. The van der Waals surface area contributed by atoms with Crippen molar-refractivity contribution >= 4 is 17.5 Å². The van der Waals surface area contributed by atoms with Crippen molar-refractivity contribution < 1.29 is 9.59 Å². The third-order valence-corrected chi connectivity index (χ3v) is 2.93. The van der Waals surface area contributed by atoms with Crippen LogP contribution in [0.25, 0.3) is 0 Å². The van der Waals surface area contributed by atoms with E-state index in [-0.39, 0.29) is 17.6 Å². The maximum atomic E-state index is 11.9. The van der Waals surface area contributed by atoms with E-state index in [0.717, 1.165) is 5.56 Å². The van der Waals surface area contributed by atoms with Crippen LogP contribution in [0.4, 0.5) is 5.69 Å². The van der Waals surface area contributed by atoms with Gasteiger partial charge in [0, 0.05) is 19.2 Å². The second-order valence-electron chi connectivity index (χ2n) is 4.46. The molecule has 1 aromatic carbocycles. The Morgan fingerprint density at radius 2 is 1.95 bits per heavy atom. The first-order valence-corrected chi connectivity index (χ1v) is 6.64. The number of nitrogens with zero attached hydrogens (tertiary/aromatic N) is 2. The molecular formula is C14H17N5O2. The average molecular weight is 287 g/mol. The molecule has 1 aromatic heterocycles. The standard InChI is InChI=1S/C14H17N5O2/c1-3-11-17-13(19-18-11)14(21)16-10-6-4-9(5-7-10)8-12(20)15-2/h4-7H,3,8H2,1-2H3,(H,15,20)(H,16,21)(H,17,18,19). The summed E-state index contributed by atoms with van der Waals surface area (Å²) >= 11 is 0. The zero-order chi connectivity index (χ0) is 15.2. The lowest BCUT2D eigenvalue weighted by molar-refractivity contribution is -0.119. The van der Waals surface area contributed by atoms with Gasteiger partial charge in [0.05, 0.1) is 6.42 Å². The predicted molar refractivity (Wildman–Crippen MR) is 77.9 cm³/mol. The molecule has 2 aromatic rings. The second-order valence-corrected chi connectivity index (χ2v) is 4.46. The molecule has 0 saturated heterocycles. The molecule has 3 N–H and O–H groups in total. The molecule has 0 unspecified atom stereocenters. The van der Waals surface area contributed by atoms with Crippen LogP contribution < -0.4 is 10.6 Å². The van der Waals surface area contributed by atoms with Gasteiger partial charge in [-0.2, -0.15) is 0 Å². The van der Waals surface area contributed by atoms with Crippen molar-refractivity contribution in [2.45, 2.75) is 19.8 Å². The molecule has 2 rings (SSSR count). The van der Waals surface area contributed by atoms with Gasteiger partial charge in [0.1, 0.15) is 5.82 Å². The van der Waals surface area contributed by atoms with Crippen molar-refractivity contribution in [1.82, 2.24) is 20.5 Å². The van der Waals surface area contributed by atoms with Crippen LogP contribution in [0.3, 0.4) is 0 Å². The molecule has 1 heterocycles. The molecule has 0 aliphatic rings. The van der Waals surface area contributed by atoms with E-state index in [1.807, 2.05) is 6.92 Å². The van der Waals surface area contributed by atoms with Crippen molar-refractivity contribution in [2.75, 3.05) is 12.4 Å². The highest BCUT2D eigenvalue weighted by molar-refractivity contribution is 6.01. The fourth-order valence-corrected chi connectivity index (χ4v) is 1.72. The lowest BCUT2D eigenvalue weighted by atomic mass is 10.1. The fraction of sp³-hybridized carbons (Fsp3) is 0.286. The smallest absolute Gasteiger partial charge is 0.295 e. The molecule has 0 bridgehead atoms. The summed E-state index contributed by atoms with van der Waals surface area (Å²) in [6, 6.07) is 7.06. The molecule has 21 heavy (non-hydrogen) atoms. The minimum Gasteiger partial charge on any atom is -0.359 e. The number of H-pyrrole nitrogens is 1. The SMILES string of the molecule is CCc1nc(C(=O)Nc2ccc(CC(=O)NC)cc2)n[nH]1. The van der Waals surface area contributed by atoms with Gasteiger partial charge in [-0.25, -0.2) is 4.98 Å². The minimum absolute atomic E-state index is 0.0559. The Morgan fingerprint density at radius 3 is 2.52 bits per heavy atom. The van der Waals surface area contributed by atoms with E-state index in [2.05, 4.69) is 25.8 Å². The Labute approximate surface area is 122 Å². The molecule has 0 spiro atoms. The first kappa shape index (κ1) is 14.7. The van der Waals surface area contributed by atoms with E-state index < -0.39 is 0 Å². The molecule has 0 saturated carbocycles. The number of aromatic amines is 1. The number of nitrogens with one attached hydrogen (secondary N) is 3. The number of hydrogen-bond donors (Lipinski definition) is 3. The van der Waals surface area contributed by atoms with Crippen LogP contribution in [0.1, 0.15) is 28.9 Å². The Kier molecular flexibility index (Phi) is 4.65. The van der Waals surface area contributed by atoms with E-state index >= 15 is 0 Å². The zero-order valence-corrected chi connectivity index (χ0v) is 11.9. The maximum Gasteiger partial charge on any atom is 0.295 e. The lowest BCUT2D eigenvalue weighted by Crippen LogP contribution is -2.19. The van der Waals surface area contributed by atoms with Gasteiger partial charge < -0.3 is 10.6 Å². The number of aryl methyl sites for hydroxylation is 1. The summed E-state index contributed by atoms with van der Waals surface area (Å²) in [5.74, 6) is 0.354. The Bertz CT molecular complexity index is 633. The molecular weight excluding hydrogens is 270 g/mol. The summed E-state index contributed by atoms with van der Waals surface area (Å²) in [5, 5.41) is 11.8. The van der Waals surface area contributed by atoms with Gasteiger partial charge in [-0.05, 0) is 17.7 Å². The molecule has 0 fully saturated rings. The van der Waals surface area contributed by atoms with Crippen LogP contribution in [0.15, 0.2) is 24.3 Å². The third kappa shape index (κ3) is 3.88. The minimum atomic E-state index is -0.370. The van der Waals surface area contributed by atoms with E-state index in [0.29, 0.717) is 24.4 Å². The van der Waals surface area contributed by atoms with Crippen molar-refractivity contribution in [3.05, 3.63) is 41.5 Å². The number of aromatic nitrogens is 3. The predicted octanol–water partition coefficient (Wildman–Crippen LogP) is 0.908. The van der Waals surface area contributed by atoms with Gasteiger partial charge in [-0.3, -0.25) is 14.7 Å². The van der Waals surface area contributed by atoms with Gasteiger partial charge >= 0.3 is 0 Å². The number of carbonyl (C=O) groups excluding carboxylic acids is 2. The largest absolute Gasteiger partial charge is 0.359 e. The van der Waals surface area contributed by atoms with E-state index in [1.54, 1.807) is 31.3 Å². The van der Waals surface area contributed by atoms with Gasteiger partial charge in [0.25, 0.3) is 5.91 Å². The number of anilines is 1. The van der Waals surface area contributed by atoms with Gasteiger partial charge in [-0.15, -0.1) is 5.10 Å². The zero-order valence-electron chi connectivity index (χ0n) is 11.9. The van der Waals surface area contributed by atoms with Gasteiger partial charge in [0.15, 0.2) is 0 Å². The summed E-state index contributed by atoms with van der Waals surface area (Å²) in [6.45, 7) is 1.92. The second kappa shape index (κ2) is 6.65. The fourth-order valence-electron chi connectivity index (χ4n) is 1.72. The van der Waals surface area contributed by atoms with Crippen LogP contribution in [0.5, 0.6) is 0 Å². The van der Waals surface area contributed by atoms with Crippen molar-refractivity contribution in [2.24, 2.45) is 0 Å². The lowest BCUT2D eigenvalue weighted by Gasteiger charge is -2.04. The first-order chi connectivity index (χ1) is 10.1. The van der Waals surface area contributed by atoms with E-state index in [1.165, 1.54) is 0 Å². The van der Waals surface area contributed by atoms with Crippen LogP contribution in [0, 0.1) is 0 Å². The van der Waals surface area contributed by atoms with Gasteiger partial charge in [0.2, 0.25) is 11.7 Å². The molecule has 7 heteroatoms. The number of rotatable bonds is 5. The summed E-state index contributed by atoms with van der Waals surface area (Å²) in [6.07, 6.45) is 1.000. The Morgan fingerprint density at radius 1 is 1.24 bits per heavy atom. The summed E-state index contributed by atoms with van der Waals surface area (Å²) < 4.78 is 0. The molecule has 0 aliphatic heterocycles. The number of hydrogen-bond acceptors (Lipinski definition) is 4. The van der Waals surface area contributed by atoms with Gasteiger partial charge in [-0.1, -0.05) is 19.1 Å². The number of amides is 2. The van der Waals surface area contributed by atoms with Crippen molar-refractivity contribution in [3.8, 4) is 0 Å². The topological polar surface area (TPSA) is 99.8 Å². The van der Waals surface area contributed by atoms with Crippen LogP contribution in [-0.4, -0.2) is 34.0 Å². The van der Waals surface area contributed by atoms with Crippen LogP contribution in [0.2, 0.25) is 0 Å². The molecule has 2 amide bonds. The monoisotopic (exact) mass is 287 g/mol. The average Bonchev–Trinajstić information content (AvgIpc) is 2.98. The molecule has 7 nitrogen and oxygen atoms in total. The molecule has 0 aliphatic carbocycles. The summed E-state index contributed by atoms with van der Waals surface area (Å²) in [5.41, 5.74) is 1.50. The van der Waals surface area contributed by atoms with Crippen LogP contribution in [-0.2, 0) is 17.6 Å². The highest BCUT2D eigenvalue weighted by Crippen LogP contribution is 2.11. The van der Waals surface area contributed by atoms with E-state index in [9.17, 15) is 9.59 Å². The maximum absolute atomic E-state index is 11.9. The normalized spacial score (nSPS) is 10.2. The molecule has 110 valence electrons. The highest BCUT2D eigenvalue weighted by atomic mass is 16.2.